The number of nitrogens with zero attached hydrogens (tertiary/aromatic N) is 6. The summed E-state index contributed by atoms with van der Waals surface area (Å²) < 4.78 is 103. The Morgan fingerprint density at radius 3 is 1.85 bits per heavy atom. The maximum absolute atomic E-state index is 10.6. The zero-order valence-corrected chi connectivity index (χ0v) is 24.4. The first-order valence-electron chi connectivity index (χ1n) is 12.7. The molecule has 0 radical (unpaired) electrons. The van der Waals surface area contributed by atoms with Crippen LogP contribution in [0.5, 0.6) is 0 Å². The van der Waals surface area contributed by atoms with Crippen LogP contribution in [0.2, 0.25) is 0 Å². The summed E-state index contributed by atoms with van der Waals surface area (Å²) in [6.45, 7) is 8.01. The molecule has 0 aromatic carbocycles. The van der Waals surface area contributed by atoms with Gasteiger partial charge in [0, 0.05) is 51.0 Å². The molecule has 3 heterocycles. The smallest absolute Gasteiger partial charge is 0.475 e. The van der Waals surface area contributed by atoms with Crippen LogP contribution >= 0.6 is 0 Å². The van der Waals surface area contributed by atoms with Crippen molar-refractivity contribution in [3.8, 4) is 0 Å². The lowest BCUT2D eigenvalue weighted by Gasteiger charge is -2.32. The number of carboxylic acid groups (broad SMARTS) is 3. The topological polar surface area (TPSA) is 171 Å². The number of aryl methyl sites for hydroxylation is 1. The molecule has 2 aromatic rings. The van der Waals surface area contributed by atoms with Crippen molar-refractivity contribution in [3.05, 3.63) is 41.5 Å². The van der Waals surface area contributed by atoms with Gasteiger partial charge in [-0.05, 0) is 32.6 Å². The monoisotopic (exact) mass is 686 g/mol. The maximum atomic E-state index is 10.6. The zero-order chi connectivity index (χ0) is 35.9. The second-order valence-electron chi connectivity index (χ2n) is 9.25. The number of halogens is 9. The number of pyridine rings is 1. The largest absolute Gasteiger partial charge is 0.490 e. The van der Waals surface area contributed by atoms with E-state index in [1.165, 1.54) is 11.3 Å². The average Bonchev–Trinajstić information content (AvgIpc) is 3.34. The first kappa shape index (κ1) is 42.0. The summed E-state index contributed by atoms with van der Waals surface area (Å²) in [5, 5.41) is 30.1. The Labute approximate surface area is 255 Å². The van der Waals surface area contributed by atoms with Crippen molar-refractivity contribution in [2.24, 2.45) is 0 Å². The first-order chi connectivity index (χ1) is 21.0. The van der Waals surface area contributed by atoms with Crippen LogP contribution in [-0.4, -0.2) is 122 Å². The van der Waals surface area contributed by atoms with Gasteiger partial charge in [0.1, 0.15) is 5.69 Å². The van der Waals surface area contributed by atoms with Gasteiger partial charge < -0.3 is 25.0 Å². The number of alkyl halides is 9. The number of ether oxygens (including phenoxy) is 1. The van der Waals surface area contributed by atoms with E-state index in [-0.39, 0.29) is 0 Å². The normalized spacial score (nSPS) is 14.8. The molecule has 262 valence electrons. The second-order valence-corrected chi connectivity index (χ2v) is 9.25. The van der Waals surface area contributed by atoms with Gasteiger partial charge in [-0.1, -0.05) is 11.3 Å². The Bertz CT molecular complexity index is 1170. The fraction of sp³-hybridized carbons (Fsp3) is 0.583. The van der Waals surface area contributed by atoms with Gasteiger partial charge in [0.25, 0.3) is 0 Å². The average molecular weight is 687 g/mol. The third-order valence-corrected chi connectivity index (χ3v) is 5.24. The Morgan fingerprint density at radius 1 is 0.957 bits per heavy atom. The number of hydrogen-bond acceptors (Lipinski definition) is 9. The highest BCUT2D eigenvalue weighted by Crippen LogP contribution is 2.28. The van der Waals surface area contributed by atoms with Crippen molar-refractivity contribution in [3.63, 3.8) is 0 Å². The molecule has 46 heavy (non-hydrogen) atoms. The molecular formula is C24H31F9N6O7. The third-order valence-electron chi connectivity index (χ3n) is 5.24. The molecule has 0 saturated heterocycles. The minimum Gasteiger partial charge on any atom is -0.475 e. The third kappa shape index (κ3) is 16.9. The molecule has 1 aliphatic heterocycles. The number of carbonyl (C=O) groups is 3. The number of fused-ring (bicyclic) bond motifs is 1. The van der Waals surface area contributed by atoms with Gasteiger partial charge in [0.05, 0.1) is 18.9 Å². The molecule has 0 bridgehead atoms. The van der Waals surface area contributed by atoms with E-state index in [0.717, 1.165) is 45.0 Å². The van der Waals surface area contributed by atoms with Crippen molar-refractivity contribution in [2.75, 3.05) is 40.4 Å². The number of aliphatic carboxylic acids is 3. The number of carboxylic acids is 3. The molecule has 1 atom stereocenters. The fourth-order valence-electron chi connectivity index (χ4n) is 3.30. The van der Waals surface area contributed by atoms with Gasteiger partial charge in [0.2, 0.25) is 0 Å². The van der Waals surface area contributed by atoms with Crippen LogP contribution in [-0.2, 0) is 38.8 Å². The molecule has 13 nitrogen and oxygen atoms in total. The van der Waals surface area contributed by atoms with Crippen molar-refractivity contribution in [2.45, 2.75) is 51.0 Å². The second kappa shape index (κ2) is 18.8. The summed E-state index contributed by atoms with van der Waals surface area (Å²) in [6, 6.07) is 4.11. The van der Waals surface area contributed by atoms with E-state index in [9.17, 15) is 39.5 Å². The molecule has 0 fully saturated rings. The molecule has 0 aliphatic carbocycles. The maximum Gasteiger partial charge on any atom is 0.490 e. The Balaban J connectivity index is 0.000000786. The molecule has 1 unspecified atom stereocenters. The van der Waals surface area contributed by atoms with Crippen molar-refractivity contribution >= 4 is 17.9 Å². The Hall–Kier alpha value is -4.05. The Morgan fingerprint density at radius 2 is 1.46 bits per heavy atom. The van der Waals surface area contributed by atoms with Crippen molar-refractivity contribution in [1.29, 1.82) is 0 Å². The summed E-state index contributed by atoms with van der Waals surface area (Å²) in [5.41, 5.74) is 3.55. The van der Waals surface area contributed by atoms with Crippen LogP contribution in [0.25, 0.3) is 0 Å². The first-order valence-corrected chi connectivity index (χ1v) is 12.7. The van der Waals surface area contributed by atoms with Crippen LogP contribution in [0.1, 0.15) is 29.8 Å². The molecular weight excluding hydrogens is 655 g/mol. The highest BCUT2D eigenvalue weighted by Gasteiger charge is 2.39. The summed E-state index contributed by atoms with van der Waals surface area (Å²) in [5.74, 6) is -7.97. The van der Waals surface area contributed by atoms with E-state index in [2.05, 4.69) is 52.2 Å². The van der Waals surface area contributed by atoms with Gasteiger partial charge in [-0.3, -0.25) is 9.88 Å². The molecule has 0 spiro atoms. The number of hydrogen-bond donors (Lipinski definition) is 3. The Kier molecular flexibility index (Phi) is 17.2. The molecule has 0 saturated carbocycles. The van der Waals surface area contributed by atoms with Gasteiger partial charge in [0.15, 0.2) is 0 Å². The summed E-state index contributed by atoms with van der Waals surface area (Å²) in [4.78, 5) is 35.5. The standard InChI is InChI=1S/C18H28N6O.3C2HF3O2/c1-4-24-18-16(14-25-9-8-22(2)3)12-23(13-17(18)20-21-24)11-15-6-5-7-19-10-15;3*3-2(4,5)1(6)7/h5-7,10,16H,4,8-9,11-14H2,1-3H3;3*(H,6,7). The van der Waals surface area contributed by atoms with E-state index in [1.807, 2.05) is 23.1 Å². The lowest BCUT2D eigenvalue weighted by molar-refractivity contribution is -0.193. The van der Waals surface area contributed by atoms with Gasteiger partial charge in [-0.2, -0.15) is 39.5 Å². The van der Waals surface area contributed by atoms with Gasteiger partial charge >= 0.3 is 36.4 Å². The minimum atomic E-state index is -5.08. The highest BCUT2D eigenvalue weighted by atomic mass is 19.4. The predicted molar refractivity (Wildman–Crippen MR) is 137 cm³/mol. The minimum absolute atomic E-state index is 0.303. The lowest BCUT2D eigenvalue weighted by Crippen LogP contribution is -2.36. The number of rotatable bonds is 8. The fourth-order valence-corrected chi connectivity index (χ4v) is 3.30. The molecule has 2 aromatic heterocycles. The van der Waals surface area contributed by atoms with E-state index in [0.29, 0.717) is 12.5 Å². The molecule has 3 rings (SSSR count). The molecule has 0 amide bonds. The number of likely N-dealkylation sites (N-methyl/N-ethyl adjacent to an activating group) is 1. The summed E-state index contributed by atoms with van der Waals surface area (Å²) in [6.07, 6.45) is -11.5. The van der Waals surface area contributed by atoms with Crippen LogP contribution in [0.15, 0.2) is 24.5 Å². The molecule has 1 aliphatic rings. The van der Waals surface area contributed by atoms with Gasteiger partial charge in [-0.15, -0.1) is 5.10 Å². The molecule has 22 heteroatoms. The number of aromatic nitrogens is 4. The van der Waals surface area contributed by atoms with Crippen molar-refractivity contribution < 1.29 is 74.0 Å². The molecule has 3 N–H and O–H groups in total. The van der Waals surface area contributed by atoms with Crippen LogP contribution < -0.4 is 0 Å². The van der Waals surface area contributed by atoms with Crippen LogP contribution in [0.3, 0.4) is 0 Å². The lowest BCUT2D eigenvalue weighted by atomic mass is 9.98. The summed E-state index contributed by atoms with van der Waals surface area (Å²) in [7, 11) is 4.13. The zero-order valence-electron chi connectivity index (χ0n) is 24.4. The van der Waals surface area contributed by atoms with Crippen molar-refractivity contribution in [1.82, 2.24) is 29.8 Å². The summed E-state index contributed by atoms with van der Waals surface area (Å²) >= 11 is 0. The van der Waals surface area contributed by atoms with E-state index < -0.39 is 36.4 Å². The van der Waals surface area contributed by atoms with Gasteiger partial charge in [-0.25, -0.2) is 19.1 Å². The van der Waals surface area contributed by atoms with E-state index in [4.69, 9.17) is 34.4 Å². The highest BCUT2D eigenvalue weighted by molar-refractivity contribution is 5.73. The van der Waals surface area contributed by atoms with Crippen LogP contribution in [0, 0.1) is 0 Å². The van der Waals surface area contributed by atoms with E-state index >= 15 is 0 Å². The SMILES string of the molecule is CCn1nnc2c1C(COCCN(C)C)CN(Cc1cccnc1)C2.O=C(O)C(F)(F)F.O=C(O)C(F)(F)F.O=C(O)C(F)(F)F. The quantitative estimate of drug-likeness (QED) is 0.274. The van der Waals surface area contributed by atoms with E-state index in [1.54, 1.807) is 0 Å². The van der Waals surface area contributed by atoms with Crippen LogP contribution in [0.4, 0.5) is 39.5 Å². The predicted octanol–water partition coefficient (Wildman–Crippen LogP) is 3.27.